The highest BCUT2D eigenvalue weighted by molar-refractivity contribution is 5.59. The summed E-state index contributed by atoms with van der Waals surface area (Å²) >= 11 is 0. The lowest BCUT2D eigenvalue weighted by atomic mass is 10.2. The molecule has 0 aliphatic rings. The predicted molar refractivity (Wildman–Crippen MR) is 66.7 cm³/mol. The Hall–Kier alpha value is -2.49. The Morgan fingerprint density at radius 3 is 2.50 bits per heavy atom. The molecule has 0 saturated carbocycles. The molecule has 0 spiro atoms. The Morgan fingerprint density at radius 1 is 1.06 bits per heavy atom. The Balaban J connectivity index is 2.29. The summed E-state index contributed by atoms with van der Waals surface area (Å²) in [4.78, 5) is 11.7. The highest BCUT2D eigenvalue weighted by atomic mass is 16.5. The minimum absolute atomic E-state index is 0.356. The molecule has 4 heteroatoms. The maximum absolute atomic E-state index is 11.7. The largest absolute Gasteiger partial charge is 0.463 e. The molecule has 18 heavy (non-hydrogen) atoms. The molecule has 0 unspecified atom stereocenters. The van der Waals surface area contributed by atoms with Gasteiger partial charge in [0.1, 0.15) is 5.69 Å². The van der Waals surface area contributed by atoms with Crippen molar-refractivity contribution < 1.29 is 8.94 Å². The Labute approximate surface area is 103 Å². The van der Waals surface area contributed by atoms with Gasteiger partial charge >= 0.3 is 5.63 Å². The molecule has 2 heterocycles. The van der Waals surface area contributed by atoms with Crippen molar-refractivity contribution in [1.82, 2.24) is 4.74 Å². The first-order valence-corrected chi connectivity index (χ1v) is 5.59. The van der Waals surface area contributed by atoms with E-state index in [2.05, 4.69) is 0 Å². The quantitative estimate of drug-likeness (QED) is 0.693. The summed E-state index contributed by atoms with van der Waals surface area (Å²) in [7, 11) is 0. The Bertz CT molecular complexity index is 705. The lowest BCUT2D eigenvalue weighted by Crippen LogP contribution is -1.95. The van der Waals surface area contributed by atoms with Crippen molar-refractivity contribution in [3.05, 3.63) is 64.7 Å². The molecule has 3 aromatic rings. The molecule has 4 nitrogen and oxygen atoms in total. The zero-order chi connectivity index (χ0) is 12.5. The van der Waals surface area contributed by atoms with Gasteiger partial charge in [-0.3, -0.25) is 0 Å². The molecule has 0 aliphatic carbocycles. The highest BCUT2D eigenvalue weighted by Gasteiger charge is 2.18. The summed E-state index contributed by atoms with van der Waals surface area (Å²) in [5.41, 5.74) is 1.62. The van der Waals surface area contributed by atoms with Crippen molar-refractivity contribution in [2.75, 3.05) is 0 Å². The van der Waals surface area contributed by atoms with E-state index in [0.29, 0.717) is 17.0 Å². The number of rotatable bonds is 2. The minimum atomic E-state index is -0.356. The molecular formula is C14H11NO3. The van der Waals surface area contributed by atoms with E-state index in [9.17, 15) is 4.79 Å². The summed E-state index contributed by atoms with van der Waals surface area (Å²) in [5.74, 6) is 0.613. The van der Waals surface area contributed by atoms with Crippen LogP contribution in [-0.4, -0.2) is 4.74 Å². The van der Waals surface area contributed by atoms with Crippen molar-refractivity contribution in [2.45, 2.75) is 6.92 Å². The standard InChI is InChI=1S/C14H11NO3/c1-10-13(12-8-5-9-17-12)15(18-14(10)16)11-6-3-2-4-7-11/h2-9H,1H3. The topological polar surface area (TPSA) is 48.3 Å². The number of nitrogens with zero attached hydrogens (tertiary/aromatic N) is 1. The summed E-state index contributed by atoms with van der Waals surface area (Å²) in [6.45, 7) is 1.73. The van der Waals surface area contributed by atoms with E-state index in [1.54, 1.807) is 25.3 Å². The van der Waals surface area contributed by atoms with Crippen molar-refractivity contribution in [1.29, 1.82) is 0 Å². The SMILES string of the molecule is Cc1c(-c2ccco2)n(-c2ccccc2)oc1=O. The second kappa shape index (κ2) is 4.07. The van der Waals surface area contributed by atoms with Gasteiger partial charge in [0.2, 0.25) is 0 Å². The molecule has 90 valence electrons. The third kappa shape index (κ3) is 1.59. The maximum atomic E-state index is 11.7. The second-order valence-electron chi connectivity index (χ2n) is 3.96. The van der Waals surface area contributed by atoms with Crippen LogP contribution in [0, 0.1) is 6.92 Å². The zero-order valence-electron chi connectivity index (χ0n) is 9.79. The van der Waals surface area contributed by atoms with Gasteiger partial charge in [0.25, 0.3) is 0 Å². The van der Waals surface area contributed by atoms with E-state index in [0.717, 1.165) is 5.69 Å². The van der Waals surface area contributed by atoms with Gasteiger partial charge in [-0.05, 0) is 31.2 Å². The van der Waals surface area contributed by atoms with Gasteiger partial charge in [0.15, 0.2) is 5.76 Å². The van der Waals surface area contributed by atoms with Gasteiger partial charge in [0, 0.05) is 0 Å². The molecule has 0 bridgehead atoms. The number of furan rings is 1. The lowest BCUT2D eigenvalue weighted by Gasteiger charge is -2.04. The van der Waals surface area contributed by atoms with E-state index in [-0.39, 0.29) is 5.63 Å². The first kappa shape index (κ1) is 10.7. The summed E-state index contributed by atoms with van der Waals surface area (Å²) < 4.78 is 12.1. The Kier molecular flexibility index (Phi) is 2.41. The van der Waals surface area contributed by atoms with Crippen LogP contribution in [0.2, 0.25) is 0 Å². The zero-order valence-corrected chi connectivity index (χ0v) is 9.79. The highest BCUT2D eigenvalue weighted by Crippen LogP contribution is 2.25. The Morgan fingerprint density at radius 2 is 1.83 bits per heavy atom. The lowest BCUT2D eigenvalue weighted by molar-refractivity contribution is 0.324. The normalized spacial score (nSPS) is 10.7. The molecule has 1 aromatic carbocycles. The van der Waals surface area contributed by atoms with Crippen LogP contribution in [0.1, 0.15) is 5.56 Å². The van der Waals surface area contributed by atoms with E-state index < -0.39 is 0 Å². The first-order valence-electron chi connectivity index (χ1n) is 5.59. The van der Waals surface area contributed by atoms with Crippen LogP contribution in [0.4, 0.5) is 0 Å². The van der Waals surface area contributed by atoms with Gasteiger partial charge in [-0.1, -0.05) is 18.2 Å². The smallest absolute Gasteiger partial charge is 0.361 e. The third-order valence-electron chi connectivity index (χ3n) is 2.78. The van der Waals surface area contributed by atoms with Crippen LogP contribution in [0.25, 0.3) is 17.1 Å². The molecule has 0 aliphatic heterocycles. The fourth-order valence-corrected chi connectivity index (χ4v) is 1.89. The average Bonchev–Trinajstić information content (AvgIpc) is 3.00. The summed E-state index contributed by atoms with van der Waals surface area (Å²) in [6.07, 6.45) is 1.57. The van der Waals surface area contributed by atoms with Crippen molar-refractivity contribution >= 4 is 0 Å². The van der Waals surface area contributed by atoms with Crippen molar-refractivity contribution in [2.24, 2.45) is 0 Å². The average molecular weight is 241 g/mol. The minimum Gasteiger partial charge on any atom is -0.463 e. The number of para-hydroxylation sites is 1. The van der Waals surface area contributed by atoms with Crippen molar-refractivity contribution in [3.8, 4) is 17.1 Å². The van der Waals surface area contributed by atoms with Gasteiger partial charge < -0.3 is 8.94 Å². The fraction of sp³-hybridized carbons (Fsp3) is 0.0714. The molecule has 2 aromatic heterocycles. The van der Waals surface area contributed by atoms with Crippen LogP contribution in [0.15, 0.2) is 62.5 Å². The van der Waals surface area contributed by atoms with Gasteiger partial charge in [0.05, 0.1) is 17.5 Å². The number of aromatic nitrogens is 1. The maximum Gasteiger partial charge on any atom is 0.361 e. The monoisotopic (exact) mass is 241 g/mol. The number of hydrogen-bond donors (Lipinski definition) is 0. The second-order valence-corrected chi connectivity index (χ2v) is 3.96. The van der Waals surface area contributed by atoms with E-state index >= 15 is 0 Å². The van der Waals surface area contributed by atoms with Gasteiger partial charge in [-0.15, -0.1) is 0 Å². The summed E-state index contributed by atoms with van der Waals surface area (Å²) in [6, 6.07) is 13.0. The van der Waals surface area contributed by atoms with Crippen LogP contribution >= 0.6 is 0 Å². The van der Waals surface area contributed by atoms with Crippen LogP contribution < -0.4 is 5.63 Å². The van der Waals surface area contributed by atoms with E-state index in [1.807, 2.05) is 30.3 Å². The first-order chi connectivity index (χ1) is 8.77. The molecular weight excluding hydrogens is 230 g/mol. The molecule has 0 fully saturated rings. The molecule has 0 saturated heterocycles. The van der Waals surface area contributed by atoms with Crippen LogP contribution in [0.5, 0.6) is 0 Å². The van der Waals surface area contributed by atoms with E-state index in [1.165, 1.54) is 4.74 Å². The third-order valence-corrected chi connectivity index (χ3v) is 2.78. The fourth-order valence-electron chi connectivity index (χ4n) is 1.89. The summed E-state index contributed by atoms with van der Waals surface area (Å²) in [5, 5.41) is 0. The molecule has 0 amide bonds. The van der Waals surface area contributed by atoms with Crippen LogP contribution in [0.3, 0.4) is 0 Å². The number of benzene rings is 1. The molecule has 0 N–H and O–H groups in total. The molecule has 3 rings (SSSR count). The van der Waals surface area contributed by atoms with Crippen molar-refractivity contribution in [3.63, 3.8) is 0 Å². The molecule has 0 atom stereocenters. The van der Waals surface area contributed by atoms with Gasteiger partial charge in [-0.2, -0.15) is 4.74 Å². The molecule has 0 radical (unpaired) electrons. The predicted octanol–water partition coefficient (Wildman–Crippen LogP) is 3.00. The van der Waals surface area contributed by atoms with Crippen LogP contribution in [-0.2, 0) is 0 Å². The van der Waals surface area contributed by atoms with Gasteiger partial charge in [-0.25, -0.2) is 4.79 Å². The van der Waals surface area contributed by atoms with E-state index in [4.69, 9.17) is 8.94 Å². The number of hydrogen-bond acceptors (Lipinski definition) is 3.